The van der Waals surface area contributed by atoms with Gasteiger partial charge in [-0.05, 0) is 93.6 Å². The molecule has 3 heterocycles. The highest BCUT2D eigenvalue weighted by atomic mass is 32.2. The van der Waals surface area contributed by atoms with Gasteiger partial charge in [-0.3, -0.25) is 0 Å². The number of aryl methyl sites for hydroxylation is 1. The van der Waals surface area contributed by atoms with Gasteiger partial charge in [-0.15, -0.1) is 11.8 Å². The van der Waals surface area contributed by atoms with E-state index in [0.717, 1.165) is 6.42 Å². The third-order valence-electron chi connectivity index (χ3n) is 10.2. The van der Waals surface area contributed by atoms with Gasteiger partial charge in [-0.2, -0.15) is 0 Å². The molecule has 0 radical (unpaired) electrons. The van der Waals surface area contributed by atoms with Crippen LogP contribution in [0.2, 0.25) is 0 Å². The summed E-state index contributed by atoms with van der Waals surface area (Å²) in [6.45, 7) is 16.3. The zero-order valence-corrected chi connectivity index (χ0v) is 29.8. The molecule has 0 amide bonds. The summed E-state index contributed by atoms with van der Waals surface area (Å²) in [6.07, 6.45) is 5.78. The highest BCUT2D eigenvalue weighted by Crippen LogP contribution is 2.50. The lowest BCUT2D eigenvalue weighted by Gasteiger charge is -2.26. The summed E-state index contributed by atoms with van der Waals surface area (Å²) in [6, 6.07) is 34.7. The molecule has 2 aliphatic rings. The van der Waals surface area contributed by atoms with Crippen molar-refractivity contribution in [1.29, 1.82) is 0 Å². The summed E-state index contributed by atoms with van der Waals surface area (Å²) in [7, 11) is 2.23. The maximum Gasteiger partial charge on any atom is 0.203 e. The molecule has 0 bridgehead atoms. The van der Waals surface area contributed by atoms with E-state index in [1.165, 1.54) is 76.7 Å². The topological polar surface area (TPSA) is 7.94 Å². The Labute approximate surface area is 283 Å². The minimum absolute atomic E-state index is 0.0425. The molecule has 0 saturated carbocycles. The number of benzene rings is 5. The van der Waals surface area contributed by atoms with Gasteiger partial charge in [0.05, 0.1) is 11.0 Å². The summed E-state index contributed by atoms with van der Waals surface area (Å²) in [5, 5.41) is 5.69. The Morgan fingerprint density at radius 1 is 0.745 bits per heavy atom. The van der Waals surface area contributed by atoms with Gasteiger partial charge in [0.1, 0.15) is 12.3 Å². The standard InChI is InChI=1S/C44H45N2S/c1-27-30-13-9-10-14-31(30)37(44(5,6)7)25-36(27)41-42-35(21-22-45(41)8)34-20-18-29(24-40(34)47-42)46-38-16-12-11-15-32(38)33-19-17-28(23-39(33)46)26-43(2,3)4/h9-25,35,42H,26H2,1-8H3/q+1. The molecule has 0 fully saturated rings. The Hall–Kier alpha value is -4.08. The number of aromatic nitrogens is 1. The molecule has 0 saturated heterocycles. The summed E-state index contributed by atoms with van der Waals surface area (Å²) in [4.78, 5) is 1.39. The second-order valence-electron chi connectivity index (χ2n) is 16.0. The smallest absolute Gasteiger partial charge is 0.203 e. The molecule has 1 aromatic heterocycles. The normalized spacial score (nSPS) is 18.0. The zero-order valence-electron chi connectivity index (χ0n) is 29.0. The molecule has 0 N–H and O–H groups in total. The van der Waals surface area contributed by atoms with E-state index in [0.29, 0.717) is 11.2 Å². The van der Waals surface area contributed by atoms with E-state index in [9.17, 15) is 0 Å². The molecule has 2 aliphatic heterocycles. The van der Waals surface area contributed by atoms with E-state index < -0.39 is 0 Å². The number of rotatable bonds is 3. The highest BCUT2D eigenvalue weighted by molar-refractivity contribution is 8.01. The van der Waals surface area contributed by atoms with Crippen molar-refractivity contribution in [3.63, 3.8) is 0 Å². The van der Waals surface area contributed by atoms with E-state index in [2.05, 4.69) is 168 Å². The number of hydrogen-bond donors (Lipinski definition) is 0. The van der Waals surface area contributed by atoms with Crippen LogP contribution in [0.25, 0.3) is 38.3 Å². The second-order valence-corrected chi connectivity index (χ2v) is 17.1. The van der Waals surface area contributed by atoms with Gasteiger partial charge in [-0.25, -0.2) is 4.58 Å². The lowest BCUT2D eigenvalue weighted by atomic mass is 9.79. The van der Waals surface area contributed by atoms with Gasteiger partial charge in [0.15, 0.2) is 6.20 Å². The van der Waals surface area contributed by atoms with Crippen molar-refractivity contribution in [2.75, 3.05) is 7.05 Å². The molecule has 47 heavy (non-hydrogen) atoms. The Morgan fingerprint density at radius 3 is 2.19 bits per heavy atom. The molecule has 6 aromatic rings. The third-order valence-corrected chi connectivity index (χ3v) is 11.6. The predicted octanol–water partition coefficient (Wildman–Crippen LogP) is 11.3. The summed E-state index contributed by atoms with van der Waals surface area (Å²) < 4.78 is 4.88. The monoisotopic (exact) mass is 633 g/mol. The van der Waals surface area contributed by atoms with E-state index in [1.807, 2.05) is 11.8 Å². The van der Waals surface area contributed by atoms with Crippen LogP contribution in [0.5, 0.6) is 0 Å². The van der Waals surface area contributed by atoms with Gasteiger partial charge in [0, 0.05) is 32.8 Å². The number of fused-ring (bicyclic) bond motifs is 7. The second kappa shape index (κ2) is 10.7. The lowest BCUT2D eigenvalue weighted by Crippen LogP contribution is -2.32. The maximum atomic E-state index is 2.50. The van der Waals surface area contributed by atoms with Crippen LogP contribution in [0, 0.1) is 12.3 Å². The fourth-order valence-corrected chi connectivity index (χ4v) is 9.70. The summed E-state index contributed by atoms with van der Waals surface area (Å²) in [5.41, 5.74) is 12.5. The molecule has 0 spiro atoms. The van der Waals surface area contributed by atoms with Crippen molar-refractivity contribution in [3.8, 4) is 5.69 Å². The Kier molecular flexibility index (Phi) is 6.90. The first kappa shape index (κ1) is 30.3. The quantitative estimate of drug-likeness (QED) is 0.176. The van der Waals surface area contributed by atoms with Crippen LogP contribution in [0.1, 0.15) is 75.3 Å². The first-order chi connectivity index (χ1) is 22.4. The Bertz CT molecular complexity index is 2300. The average molecular weight is 634 g/mol. The van der Waals surface area contributed by atoms with Crippen molar-refractivity contribution in [2.24, 2.45) is 5.41 Å². The van der Waals surface area contributed by atoms with Crippen molar-refractivity contribution in [1.82, 2.24) is 4.57 Å². The van der Waals surface area contributed by atoms with Crippen LogP contribution in [-0.2, 0) is 11.8 Å². The van der Waals surface area contributed by atoms with Crippen LogP contribution >= 0.6 is 11.8 Å². The highest BCUT2D eigenvalue weighted by Gasteiger charge is 2.43. The first-order valence-corrected chi connectivity index (χ1v) is 17.9. The largest absolute Gasteiger partial charge is 0.309 e. The van der Waals surface area contributed by atoms with Gasteiger partial charge >= 0.3 is 0 Å². The van der Waals surface area contributed by atoms with Crippen molar-refractivity contribution >= 4 is 50.1 Å². The zero-order chi connectivity index (χ0) is 32.8. The van der Waals surface area contributed by atoms with E-state index in [-0.39, 0.29) is 10.8 Å². The van der Waals surface area contributed by atoms with E-state index in [1.54, 1.807) is 0 Å². The molecule has 3 heteroatoms. The molecule has 5 aromatic carbocycles. The predicted molar refractivity (Wildman–Crippen MR) is 203 cm³/mol. The number of hydrogen-bond acceptors (Lipinski definition) is 1. The van der Waals surface area contributed by atoms with Gasteiger partial charge < -0.3 is 4.57 Å². The van der Waals surface area contributed by atoms with E-state index >= 15 is 0 Å². The fourth-order valence-electron chi connectivity index (χ4n) is 8.11. The molecule has 2 unspecified atom stereocenters. The first-order valence-electron chi connectivity index (χ1n) is 17.0. The molecule has 2 nitrogen and oxygen atoms in total. The van der Waals surface area contributed by atoms with Crippen molar-refractivity contribution < 1.29 is 4.58 Å². The van der Waals surface area contributed by atoms with Gasteiger partial charge in [-0.1, -0.05) is 102 Å². The van der Waals surface area contributed by atoms with E-state index in [4.69, 9.17) is 0 Å². The minimum Gasteiger partial charge on any atom is -0.309 e. The molecular weight excluding hydrogens is 589 g/mol. The van der Waals surface area contributed by atoms with Crippen molar-refractivity contribution in [2.45, 2.75) is 76.4 Å². The van der Waals surface area contributed by atoms with Crippen LogP contribution in [0.15, 0.2) is 108 Å². The Morgan fingerprint density at radius 2 is 1.45 bits per heavy atom. The Balaban J connectivity index is 1.26. The van der Waals surface area contributed by atoms with Crippen LogP contribution in [-0.4, -0.2) is 27.2 Å². The van der Waals surface area contributed by atoms with Crippen LogP contribution in [0.4, 0.5) is 0 Å². The van der Waals surface area contributed by atoms with Crippen LogP contribution in [0.3, 0.4) is 0 Å². The third kappa shape index (κ3) is 4.97. The molecule has 0 aliphatic carbocycles. The number of nitrogens with zero attached hydrogens (tertiary/aromatic N) is 2. The maximum absolute atomic E-state index is 2.50. The van der Waals surface area contributed by atoms with Gasteiger partial charge in [0.2, 0.25) is 5.71 Å². The molecule has 2 atom stereocenters. The minimum atomic E-state index is 0.0425. The van der Waals surface area contributed by atoms with Crippen molar-refractivity contribution in [3.05, 3.63) is 131 Å². The number of para-hydroxylation sites is 1. The molecule has 236 valence electrons. The lowest BCUT2D eigenvalue weighted by molar-refractivity contribution is -0.424. The average Bonchev–Trinajstić information content (AvgIpc) is 3.55. The summed E-state index contributed by atoms with van der Waals surface area (Å²) in [5.74, 6) is 0.343. The molecular formula is C44H45N2S+. The fraction of sp³-hybridized carbons (Fsp3) is 0.295. The SMILES string of the molecule is Cc1c(C2=[N+](C)C=CC3c4ccc(-n5c6ccccc6c6ccc(CC(C)(C)C)cc65)cc4SC23)cc(C(C)(C)C)c2ccccc12. The number of allylic oxidation sites excluding steroid dienone is 1. The summed E-state index contributed by atoms with van der Waals surface area (Å²) >= 11 is 2.04. The van der Waals surface area contributed by atoms with Crippen LogP contribution < -0.4 is 0 Å². The molecule has 8 rings (SSSR count). The van der Waals surface area contributed by atoms with Gasteiger partial charge in [0.25, 0.3) is 0 Å². The number of thioether (sulfide) groups is 1.